The number of thiophene rings is 1. The molecule has 0 unspecified atom stereocenters. The van der Waals surface area contributed by atoms with E-state index in [2.05, 4.69) is 6.07 Å². The molecule has 0 saturated heterocycles. The number of hydrogen-bond donors (Lipinski definition) is 0. The lowest BCUT2D eigenvalue weighted by Crippen LogP contribution is -2.29. The van der Waals surface area contributed by atoms with Crippen LogP contribution in [0, 0.1) is 0 Å². The molecule has 2 heterocycles. The molecule has 0 N–H and O–H groups in total. The van der Waals surface area contributed by atoms with Crippen LogP contribution in [-0.4, -0.2) is 31.2 Å². The van der Waals surface area contributed by atoms with Crippen LogP contribution in [0.5, 0.6) is 11.5 Å². The second-order valence-corrected chi connectivity index (χ2v) is 7.56. The third-order valence-electron chi connectivity index (χ3n) is 4.74. The molecule has 0 atom stereocenters. The molecule has 0 spiro atoms. The van der Waals surface area contributed by atoms with Gasteiger partial charge in [-0.15, -0.1) is 11.3 Å². The zero-order chi connectivity index (χ0) is 20.4. The van der Waals surface area contributed by atoms with Gasteiger partial charge >= 0.3 is 0 Å². The Hall–Kier alpha value is -3.12. The van der Waals surface area contributed by atoms with Crippen molar-refractivity contribution >= 4 is 44.1 Å². The zero-order valence-corrected chi connectivity index (χ0v) is 17.5. The fraction of sp³-hybridized carbons (Fsp3) is 0.217. The standard InChI is InChI=1S/C23H22N2O3S/c1-4-25(17-7-10-18(11-8-17)28-5-2)23(26)21-13-16-12-15-6-9-19(27-3)14-20(15)24-22(16)29-21/h6-14H,4-5H2,1-3H3. The van der Waals surface area contributed by atoms with Gasteiger partial charge in [0.05, 0.1) is 24.1 Å². The van der Waals surface area contributed by atoms with Crippen LogP contribution in [-0.2, 0) is 0 Å². The third kappa shape index (κ3) is 3.76. The van der Waals surface area contributed by atoms with Gasteiger partial charge in [0.25, 0.3) is 5.91 Å². The van der Waals surface area contributed by atoms with E-state index in [0.29, 0.717) is 18.0 Å². The molecule has 1 amide bonds. The summed E-state index contributed by atoms with van der Waals surface area (Å²) in [7, 11) is 1.64. The Morgan fingerprint density at radius 2 is 1.76 bits per heavy atom. The lowest BCUT2D eigenvalue weighted by Gasteiger charge is -2.20. The van der Waals surface area contributed by atoms with Crippen molar-refractivity contribution in [1.29, 1.82) is 0 Å². The van der Waals surface area contributed by atoms with E-state index in [1.807, 2.05) is 62.4 Å². The van der Waals surface area contributed by atoms with Crippen LogP contribution in [0.25, 0.3) is 21.1 Å². The van der Waals surface area contributed by atoms with Crippen molar-refractivity contribution in [1.82, 2.24) is 4.98 Å². The highest BCUT2D eigenvalue weighted by Gasteiger charge is 2.19. The smallest absolute Gasteiger partial charge is 0.268 e. The quantitative estimate of drug-likeness (QED) is 0.423. The Morgan fingerprint density at radius 1 is 1.00 bits per heavy atom. The van der Waals surface area contributed by atoms with Gasteiger partial charge in [-0.25, -0.2) is 4.98 Å². The van der Waals surface area contributed by atoms with Gasteiger partial charge in [-0.3, -0.25) is 4.79 Å². The number of aromatic nitrogens is 1. The molecule has 0 radical (unpaired) electrons. The highest BCUT2D eigenvalue weighted by Crippen LogP contribution is 2.31. The second kappa shape index (κ2) is 8.09. The summed E-state index contributed by atoms with van der Waals surface area (Å²) in [5, 5.41) is 1.99. The van der Waals surface area contributed by atoms with E-state index in [9.17, 15) is 4.79 Å². The summed E-state index contributed by atoms with van der Waals surface area (Å²) in [6, 6.07) is 17.4. The van der Waals surface area contributed by atoms with Crippen molar-refractivity contribution < 1.29 is 14.3 Å². The molecule has 0 saturated carbocycles. The Bertz CT molecular complexity index is 1170. The molecule has 0 aliphatic heterocycles. The van der Waals surface area contributed by atoms with Gasteiger partial charge in [-0.1, -0.05) is 0 Å². The second-order valence-electron chi connectivity index (χ2n) is 6.53. The van der Waals surface area contributed by atoms with Crippen LogP contribution in [0.15, 0.2) is 54.6 Å². The molecular weight excluding hydrogens is 384 g/mol. The normalized spacial score (nSPS) is 11.0. The first-order valence-corrected chi connectivity index (χ1v) is 10.4. The van der Waals surface area contributed by atoms with Crippen LogP contribution in [0.1, 0.15) is 23.5 Å². The van der Waals surface area contributed by atoms with Crippen LogP contribution in [0.3, 0.4) is 0 Å². The minimum Gasteiger partial charge on any atom is -0.497 e. The fourth-order valence-corrected chi connectivity index (χ4v) is 4.27. The van der Waals surface area contributed by atoms with E-state index in [1.165, 1.54) is 11.3 Å². The molecule has 0 aliphatic rings. The number of nitrogens with zero attached hydrogens (tertiary/aromatic N) is 2. The van der Waals surface area contributed by atoms with Gasteiger partial charge in [0.15, 0.2) is 0 Å². The predicted octanol–water partition coefficient (Wildman–Crippen LogP) is 5.52. The van der Waals surface area contributed by atoms with Crippen LogP contribution < -0.4 is 14.4 Å². The zero-order valence-electron chi connectivity index (χ0n) is 16.6. The molecule has 6 heteroatoms. The molecule has 2 aromatic carbocycles. The number of hydrogen-bond acceptors (Lipinski definition) is 5. The van der Waals surface area contributed by atoms with Crippen LogP contribution in [0.2, 0.25) is 0 Å². The first-order chi connectivity index (χ1) is 14.1. The van der Waals surface area contributed by atoms with Gasteiger partial charge in [0.1, 0.15) is 16.3 Å². The van der Waals surface area contributed by atoms with Gasteiger partial charge < -0.3 is 14.4 Å². The van der Waals surface area contributed by atoms with Crippen molar-refractivity contribution in [3.05, 3.63) is 59.5 Å². The molecular formula is C23H22N2O3S. The van der Waals surface area contributed by atoms with Crippen LogP contribution in [0.4, 0.5) is 5.69 Å². The number of anilines is 1. The average molecular weight is 407 g/mol. The molecule has 5 nitrogen and oxygen atoms in total. The minimum atomic E-state index is -0.0266. The minimum absolute atomic E-state index is 0.0266. The number of pyridine rings is 1. The van der Waals surface area contributed by atoms with Crippen LogP contribution >= 0.6 is 11.3 Å². The molecule has 2 aromatic heterocycles. The van der Waals surface area contributed by atoms with Gasteiger partial charge in [0.2, 0.25) is 0 Å². The summed E-state index contributed by atoms with van der Waals surface area (Å²) in [6.45, 7) is 5.11. The number of carbonyl (C=O) groups is 1. The highest BCUT2D eigenvalue weighted by atomic mass is 32.1. The third-order valence-corrected chi connectivity index (χ3v) is 5.78. The fourth-order valence-electron chi connectivity index (χ4n) is 3.30. The summed E-state index contributed by atoms with van der Waals surface area (Å²) >= 11 is 1.42. The van der Waals surface area contributed by atoms with E-state index in [4.69, 9.17) is 14.5 Å². The summed E-state index contributed by atoms with van der Waals surface area (Å²) in [5.41, 5.74) is 1.71. The molecule has 4 aromatic rings. The number of ether oxygens (including phenoxy) is 2. The maximum Gasteiger partial charge on any atom is 0.268 e. The lowest BCUT2D eigenvalue weighted by atomic mass is 10.2. The number of rotatable bonds is 6. The molecule has 0 aliphatic carbocycles. The number of benzene rings is 2. The largest absolute Gasteiger partial charge is 0.497 e. The van der Waals surface area contributed by atoms with Gasteiger partial charge in [0, 0.05) is 29.1 Å². The van der Waals surface area contributed by atoms with Crippen molar-refractivity contribution in [2.75, 3.05) is 25.2 Å². The van der Waals surface area contributed by atoms with E-state index >= 15 is 0 Å². The molecule has 0 fully saturated rings. The number of amides is 1. The lowest BCUT2D eigenvalue weighted by molar-refractivity contribution is 0.0992. The summed E-state index contributed by atoms with van der Waals surface area (Å²) in [5.74, 6) is 1.54. The highest BCUT2D eigenvalue weighted by molar-refractivity contribution is 7.20. The Labute approximate surface area is 173 Å². The number of methoxy groups -OCH3 is 1. The predicted molar refractivity (Wildman–Crippen MR) is 119 cm³/mol. The molecule has 0 bridgehead atoms. The summed E-state index contributed by atoms with van der Waals surface area (Å²) in [4.78, 5) is 21.2. The number of carbonyl (C=O) groups excluding carboxylic acids is 1. The first-order valence-electron chi connectivity index (χ1n) is 9.56. The Morgan fingerprint density at radius 3 is 2.45 bits per heavy atom. The van der Waals surface area contributed by atoms with E-state index in [-0.39, 0.29) is 5.91 Å². The monoisotopic (exact) mass is 406 g/mol. The van der Waals surface area contributed by atoms with E-state index in [1.54, 1.807) is 12.0 Å². The van der Waals surface area contributed by atoms with Crippen molar-refractivity contribution in [2.45, 2.75) is 13.8 Å². The summed E-state index contributed by atoms with van der Waals surface area (Å²) < 4.78 is 10.8. The van der Waals surface area contributed by atoms with Crippen molar-refractivity contribution in [3.8, 4) is 11.5 Å². The van der Waals surface area contributed by atoms with Gasteiger partial charge in [-0.2, -0.15) is 0 Å². The maximum atomic E-state index is 13.2. The summed E-state index contributed by atoms with van der Waals surface area (Å²) in [6.07, 6.45) is 0. The average Bonchev–Trinajstić information content (AvgIpc) is 3.16. The molecule has 4 rings (SSSR count). The molecule has 148 valence electrons. The Kier molecular flexibility index (Phi) is 5.36. The SMILES string of the molecule is CCOc1ccc(N(CC)C(=O)c2cc3cc4ccc(OC)cc4nc3s2)cc1. The maximum absolute atomic E-state index is 13.2. The van der Waals surface area contributed by atoms with E-state index < -0.39 is 0 Å². The number of fused-ring (bicyclic) bond motifs is 2. The topological polar surface area (TPSA) is 51.7 Å². The van der Waals surface area contributed by atoms with Gasteiger partial charge in [-0.05, 0) is 62.4 Å². The Balaban J connectivity index is 1.68. The molecule has 29 heavy (non-hydrogen) atoms. The van der Waals surface area contributed by atoms with Crippen molar-refractivity contribution in [2.24, 2.45) is 0 Å². The van der Waals surface area contributed by atoms with Crippen molar-refractivity contribution in [3.63, 3.8) is 0 Å². The first kappa shape index (κ1) is 19.2. The van der Waals surface area contributed by atoms with E-state index in [0.717, 1.165) is 38.3 Å².